The standard InChI is InChI=1S/3C2H7NO.Co/c3*1-2(3)4;/h3*2,4H,3H2,1H3;. The molecule has 0 aliphatic heterocycles. The van der Waals surface area contributed by atoms with Crippen molar-refractivity contribution in [3.63, 3.8) is 0 Å². The van der Waals surface area contributed by atoms with Crippen molar-refractivity contribution in [2.24, 2.45) is 17.2 Å². The Morgan fingerprint density at radius 1 is 0.692 bits per heavy atom. The van der Waals surface area contributed by atoms with Crippen molar-refractivity contribution < 1.29 is 32.1 Å². The van der Waals surface area contributed by atoms with E-state index in [-0.39, 0.29) is 16.8 Å². The van der Waals surface area contributed by atoms with Gasteiger partial charge in [-0.2, -0.15) is 0 Å². The summed E-state index contributed by atoms with van der Waals surface area (Å²) in [6.45, 7) is 4.50. The zero-order valence-electron chi connectivity index (χ0n) is 8.14. The first kappa shape index (κ1) is 23.2. The normalized spacial score (nSPS) is 14.5. The number of hydrogen-bond acceptors (Lipinski definition) is 6. The molecule has 0 aliphatic rings. The van der Waals surface area contributed by atoms with Crippen molar-refractivity contribution in [2.45, 2.75) is 39.5 Å². The van der Waals surface area contributed by atoms with Crippen LogP contribution in [0, 0.1) is 0 Å². The second kappa shape index (κ2) is 18.1. The Bertz CT molecular complexity index is 51.6. The summed E-state index contributed by atoms with van der Waals surface area (Å²) in [5.74, 6) is 0. The molecular formula is C6H21CoN3O3. The van der Waals surface area contributed by atoms with Crippen LogP contribution in [0.25, 0.3) is 0 Å². The van der Waals surface area contributed by atoms with Crippen LogP contribution in [0.15, 0.2) is 0 Å². The summed E-state index contributed by atoms with van der Waals surface area (Å²) in [7, 11) is 0. The average molecular weight is 242 g/mol. The van der Waals surface area contributed by atoms with Crippen LogP contribution in [0.4, 0.5) is 0 Å². The molecule has 3 unspecified atom stereocenters. The van der Waals surface area contributed by atoms with Crippen LogP contribution < -0.4 is 17.2 Å². The number of rotatable bonds is 0. The van der Waals surface area contributed by atoms with E-state index in [1.165, 1.54) is 20.8 Å². The summed E-state index contributed by atoms with van der Waals surface area (Å²) in [4.78, 5) is 0. The van der Waals surface area contributed by atoms with Crippen molar-refractivity contribution in [1.29, 1.82) is 0 Å². The summed E-state index contributed by atoms with van der Waals surface area (Å²) in [5.41, 5.74) is 14.0. The number of aliphatic hydroxyl groups is 3. The molecule has 0 heterocycles. The van der Waals surface area contributed by atoms with Crippen molar-refractivity contribution in [1.82, 2.24) is 0 Å². The Hall–Kier alpha value is 0.266. The minimum atomic E-state index is -0.667. The smallest absolute Gasteiger partial charge is 0.0991 e. The summed E-state index contributed by atoms with van der Waals surface area (Å²) >= 11 is 0. The summed E-state index contributed by atoms with van der Waals surface area (Å²) in [6.07, 6.45) is -2.00. The molecule has 0 aromatic rings. The zero-order valence-corrected chi connectivity index (χ0v) is 9.18. The fourth-order valence-corrected chi connectivity index (χ4v) is 0. The second-order valence-corrected chi connectivity index (χ2v) is 2.22. The van der Waals surface area contributed by atoms with Gasteiger partial charge in [-0.05, 0) is 20.8 Å². The molecule has 0 rings (SSSR count). The molecule has 3 atom stereocenters. The van der Waals surface area contributed by atoms with E-state index in [9.17, 15) is 0 Å². The van der Waals surface area contributed by atoms with Crippen molar-refractivity contribution in [2.75, 3.05) is 0 Å². The number of aliphatic hydroxyl groups excluding tert-OH is 3. The Labute approximate surface area is 89.3 Å². The Morgan fingerprint density at radius 3 is 0.692 bits per heavy atom. The van der Waals surface area contributed by atoms with Gasteiger partial charge in [-0.3, -0.25) is 0 Å². The van der Waals surface area contributed by atoms with Crippen LogP contribution in [0.1, 0.15) is 20.8 Å². The summed E-state index contributed by atoms with van der Waals surface area (Å²) in [6, 6.07) is 0. The summed E-state index contributed by atoms with van der Waals surface area (Å²) < 4.78 is 0. The molecule has 87 valence electrons. The predicted molar refractivity (Wildman–Crippen MR) is 47.6 cm³/mol. The number of hydrogen-bond donors (Lipinski definition) is 6. The van der Waals surface area contributed by atoms with Crippen molar-refractivity contribution in [3.05, 3.63) is 0 Å². The third kappa shape index (κ3) is 18200. The Balaban J connectivity index is -0.0000000450. The van der Waals surface area contributed by atoms with Gasteiger partial charge in [-0.25, -0.2) is 0 Å². The third-order valence-electron chi connectivity index (χ3n) is 0. The van der Waals surface area contributed by atoms with Crippen LogP contribution in [0.5, 0.6) is 0 Å². The molecule has 0 spiro atoms. The fourth-order valence-electron chi connectivity index (χ4n) is 0. The van der Waals surface area contributed by atoms with Gasteiger partial charge in [0.25, 0.3) is 0 Å². The molecule has 0 aliphatic carbocycles. The van der Waals surface area contributed by atoms with Crippen LogP contribution in [-0.4, -0.2) is 34.0 Å². The van der Waals surface area contributed by atoms with Gasteiger partial charge < -0.3 is 32.5 Å². The van der Waals surface area contributed by atoms with E-state index in [0.29, 0.717) is 0 Å². The molecule has 0 aromatic carbocycles. The maximum Gasteiger partial charge on any atom is 0.0991 e. The quantitative estimate of drug-likeness (QED) is 0.268. The largest absolute Gasteiger partial charge is 0.379 e. The van der Waals surface area contributed by atoms with E-state index in [4.69, 9.17) is 15.3 Å². The van der Waals surface area contributed by atoms with Gasteiger partial charge in [-0.1, -0.05) is 0 Å². The predicted octanol–water partition coefficient (Wildman–Crippen LogP) is -2.15. The molecule has 0 bridgehead atoms. The van der Waals surface area contributed by atoms with E-state index >= 15 is 0 Å². The minimum Gasteiger partial charge on any atom is -0.379 e. The van der Waals surface area contributed by atoms with Gasteiger partial charge in [0.1, 0.15) is 0 Å². The average Bonchev–Trinajstić information content (AvgIpc) is 1.54. The Morgan fingerprint density at radius 2 is 0.692 bits per heavy atom. The molecule has 0 saturated carbocycles. The molecule has 9 N–H and O–H groups in total. The molecule has 0 amide bonds. The minimum absolute atomic E-state index is 0. The maximum absolute atomic E-state index is 7.83. The first-order valence-electron chi connectivity index (χ1n) is 3.51. The van der Waals surface area contributed by atoms with Gasteiger partial charge in [-0.15, -0.1) is 0 Å². The van der Waals surface area contributed by atoms with Crippen LogP contribution in [0.2, 0.25) is 0 Å². The third-order valence-corrected chi connectivity index (χ3v) is 0. The Kier molecular flexibility index (Phi) is 32.4. The molecule has 1 radical (unpaired) electrons. The number of nitrogens with two attached hydrogens (primary N) is 3. The first-order chi connectivity index (χ1) is 5.20. The van der Waals surface area contributed by atoms with Gasteiger partial charge in [0, 0.05) is 16.8 Å². The summed E-state index contributed by atoms with van der Waals surface area (Å²) in [5, 5.41) is 23.5. The van der Waals surface area contributed by atoms with E-state index in [2.05, 4.69) is 17.2 Å². The monoisotopic (exact) mass is 242 g/mol. The van der Waals surface area contributed by atoms with E-state index in [1.54, 1.807) is 0 Å². The van der Waals surface area contributed by atoms with E-state index in [1.807, 2.05) is 0 Å². The van der Waals surface area contributed by atoms with E-state index < -0.39 is 18.7 Å². The molecule has 6 nitrogen and oxygen atoms in total. The van der Waals surface area contributed by atoms with Crippen molar-refractivity contribution in [3.8, 4) is 0 Å². The topological polar surface area (TPSA) is 139 Å². The molecule has 13 heavy (non-hydrogen) atoms. The first-order valence-corrected chi connectivity index (χ1v) is 3.51. The van der Waals surface area contributed by atoms with Gasteiger partial charge >= 0.3 is 0 Å². The van der Waals surface area contributed by atoms with Crippen LogP contribution >= 0.6 is 0 Å². The van der Waals surface area contributed by atoms with Gasteiger partial charge in [0.05, 0.1) is 18.7 Å². The molecule has 0 saturated heterocycles. The van der Waals surface area contributed by atoms with Crippen LogP contribution in [0.3, 0.4) is 0 Å². The molecule has 0 fully saturated rings. The van der Waals surface area contributed by atoms with E-state index in [0.717, 1.165) is 0 Å². The molecule has 0 aromatic heterocycles. The maximum atomic E-state index is 7.83. The SMILES string of the molecule is CC(N)O.CC(N)O.CC(N)O.[Co]. The van der Waals surface area contributed by atoms with Gasteiger partial charge in [0.2, 0.25) is 0 Å². The second-order valence-electron chi connectivity index (χ2n) is 2.22. The van der Waals surface area contributed by atoms with Crippen molar-refractivity contribution >= 4 is 0 Å². The zero-order chi connectivity index (χ0) is 10.7. The van der Waals surface area contributed by atoms with Gasteiger partial charge in [0.15, 0.2) is 0 Å². The fraction of sp³-hybridized carbons (Fsp3) is 1.00. The molecular weight excluding hydrogens is 221 g/mol. The molecule has 7 heteroatoms. The van der Waals surface area contributed by atoms with Crippen LogP contribution in [-0.2, 0) is 16.8 Å².